The van der Waals surface area contributed by atoms with Gasteiger partial charge in [0.1, 0.15) is 5.58 Å². The Morgan fingerprint density at radius 2 is 2.00 bits per heavy atom. The van der Waals surface area contributed by atoms with Gasteiger partial charge >= 0.3 is 0 Å². The minimum absolute atomic E-state index is 0.0851. The summed E-state index contributed by atoms with van der Waals surface area (Å²) in [6.07, 6.45) is 1.93. The minimum atomic E-state index is -0.0851. The van der Waals surface area contributed by atoms with Crippen molar-refractivity contribution in [2.75, 3.05) is 5.32 Å². The number of halogens is 1. The second kappa shape index (κ2) is 6.09. The number of carbonyl (C=O) groups excluding carboxylic acids is 1. The van der Waals surface area contributed by atoms with Gasteiger partial charge in [-0.15, -0.1) is 0 Å². The Kier molecular flexibility index (Phi) is 4.14. The Hall–Kier alpha value is -2.26. The molecule has 0 aliphatic heterocycles. The monoisotopic (exact) mass is 327 g/mol. The van der Waals surface area contributed by atoms with Gasteiger partial charge in [0.2, 0.25) is 5.91 Å². The van der Waals surface area contributed by atoms with Gasteiger partial charge in [-0.1, -0.05) is 23.7 Å². The molecule has 0 saturated heterocycles. The lowest BCUT2D eigenvalue weighted by atomic mass is 10.0. The first-order chi connectivity index (χ1) is 11.0. The number of carbonyl (C=O) groups is 1. The van der Waals surface area contributed by atoms with Crippen molar-refractivity contribution < 1.29 is 9.21 Å². The fraction of sp³-hybridized carbons (Fsp3) is 0.211. The van der Waals surface area contributed by atoms with Crippen molar-refractivity contribution in [1.29, 1.82) is 0 Å². The molecule has 1 N–H and O–H groups in total. The first-order valence-electron chi connectivity index (χ1n) is 7.48. The van der Waals surface area contributed by atoms with Crippen molar-refractivity contribution in [2.24, 2.45) is 0 Å². The molecule has 0 unspecified atom stereocenters. The van der Waals surface area contributed by atoms with E-state index in [1.54, 1.807) is 6.26 Å². The van der Waals surface area contributed by atoms with E-state index >= 15 is 0 Å². The Morgan fingerprint density at radius 3 is 2.78 bits per heavy atom. The molecule has 1 heterocycles. The Morgan fingerprint density at radius 1 is 1.22 bits per heavy atom. The van der Waals surface area contributed by atoms with Crippen molar-refractivity contribution >= 4 is 34.2 Å². The molecule has 4 heteroatoms. The van der Waals surface area contributed by atoms with Crippen LogP contribution in [0.1, 0.15) is 22.3 Å². The van der Waals surface area contributed by atoms with Crippen LogP contribution in [0, 0.1) is 20.8 Å². The van der Waals surface area contributed by atoms with Gasteiger partial charge < -0.3 is 9.73 Å². The van der Waals surface area contributed by atoms with Crippen molar-refractivity contribution in [3.05, 3.63) is 63.9 Å². The molecule has 118 valence electrons. The molecule has 0 radical (unpaired) electrons. The van der Waals surface area contributed by atoms with Crippen molar-refractivity contribution in [1.82, 2.24) is 0 Å². The highest BCUT2D eigenvalue weighted by atomic mass is 35.5. The zero-order chi connectivity index (χ0) is 16.6. The average molecular weight is 328 g/mol. The Balaban J connectivity index is 1.85. The van der Waals surface area contributed by atoms with Crippen LogP contribution in [-0.4, -0.2) is 5.91 Å². The van der Waals surface area contributed by atoms with Gasteiger partial charge in [0, 0.05) is 21.7 Å². The second-order valence-electron chi connectivity index (χ2n) is 5.85. The number of benzene rings is 2. The van der Waals surface area contributed by atoms with Crippen LogP contribution >= 0.6 is 11.6 Å². The van der Waals surface area contributed by atoms with Crippen LogP contribution in [0.2, 0.25) is 5.02 Å². The Labute approximate surface area is 140 Å². The smallest absolute Gasteiger partial charge is 0.228 e. The molecule has 3 rings (SSSR count). The van der Waals surface area contributed by atoms with E-state index in [9.17, 15) is 4.79 Å². The number of anilines is 1. The number of nitrogens with one attached hydrogen (secondary N) is 1. The van der Waals surface area contributed by atoms with E-state index in [0.717, 1.165) is 38.9 Å². The predicted molar refractivity (Wildman–Crippen MR) is 94.2 cm³/mol. The first-order valence-corrected chi connectivity index (χ1v) is 7.86. The van der Waals surface area contributed by atoms with Crippen LogP contribution in [0.4, 0.5) is 5.69 Å². The lowest BCUT2D eigenvalue weighted by Crippen LogP contribution is -2.15. The maximum Gasteiger partial charge on any atom is 0.228 e. The second-order valence-corrected chi connectivity index (χ2v) is 6.26. The summed E-state index contributed by atoms with van der Waals surface area (Å²) >= 11 is 6.09. The highest BCUT2D eigenvalue weighted by Crippen LogP contribution is 2.27. The normalized spacial score (nSPS) is 11.0. The number of aryl methyl sites for hydroxylation is 2. The van der Waals surface area contributed by atoms with Crippen molar-refractivity contribution in [2.45, 2.75) is 27.2 Å². The molecular formula is C19H18ClNO2. The van der Waals surface area contributed by atoms with Gasteiger partial charge in [-0.3, -0.25) is 4.79 Å². The molecule has 1 aromatic heterocycles. The largest absolute Gasteiger partial charge is 0.464 e. The molecule has 0 bridgehead atoms. The van der Waals surface area contributed by atoms with Gasteiger partial charge in [0.15, 0.2) is 0 Å². The van der Waals surface area contributed by atoms with Crippen LogP contribution in [0.15, 0.2) is 41.0 Å². The maximum absolute atomic E-state index is 12.4. The number of hydrogen-bond donors (Lipinski definition) is 1. The number of hydrogen-bond acceptors (Lipinski definition) is 2. The molecule has 1 amide bonds. The molecule has 0 saturated carbocycles. The molecule has 3 nitrogen and oxygen atoms in total. The van der Waals surface area contributed by atoms with Crippen LogP contribution in [-0.2, 0) is 11.2 Å². The molecule has 0 aliphatic rings. The van der Waals surface area contributed by atoms with Crippen LogP contribution in [0.5, 0.6) is 0 Å². The number of rotatable bonds is 3. The highest BCUT2D eigenvalue weighted by Gasteiger charge is 2.14. The summed E-state index contributed by atoms with van der Waals surface area (Å²) < 4.78 is 5.60. The zero-order valence-electron chi connectivity index (χ0n) is 13.4. The molecule has 3 aromatic rings. The number of fused-ring (bicyclic) bond motifs is 1. The first kappa shape index (κ1) is 15.6. The van der Waals surface area contributed by atoms with Crippen LogP contribution < -0.4 is 5.32 Å². The van der Waals surface area contributed by atoms with Gasteiger partial charge in [0.25, 0.3) is 0 Å². The van der Waals surface area contributed by atoms with E-state index in [1.165, 1.54) is 0 Å². The summed E-state index contributed by atoms with van der Waals surface area (Å²) in [5.74, 6) is -0.0851. The van der Waals surface area contributed by atoms with E-state index < -0.39 is 0 Å². The predicted octanol–water partition coefficient (Wildman–Crippen LogP) is 5.19. The van der Waals surface area contributed by atoms with Crippen molar-refractivity contribution in [3.63, 3.8) is 0 Å². The van der Waals surface area contributed by atoms with Crippen LogP contribution in [0.25, 0.3) is 11.0 Å². The van der Waals surface area contributed by atoms with Gasteiger partial charge in [0.05, 0.1) is 12.7 Å². The topological polar surface area (TPSA) is 42.2 Å². The fourth-order valence-electron chi connectivity index (χ4n) is 2.87. The third kappa shape index (κ3) is 3.10. The minimum Gasteiger partial charge on any atom is -0.464 e. The standard InChI is InChI=1S/C19H18ClNO2/c1-11-7-12(2)19-14(10-23-17(19)8-11)9-18(22)21-16-6-4-5-15(20)13(16)3/h4-8,10H,9H2,1-3H3,(H,21,22). The molecule has 0 fully saturated rings. The summed E-state index contributed by atoms with van der Waals surface area (Å²) in [5, 5.41) is 4.58. The fourth-order valence-corrected chi connectivity index (χ4v) is 3.04. The van der Waals surface area contributed by atoms with E-state index in [4.69, 9.17) is 16.0 Å². The highest BCUT2D eigenvalue weighted by molar-refractivity contribution is 6.31. The van der Waals surface area contributed by atoms with E-state index in [-0.39, 0.29) is 12.3 Å². The zero-order valence-corrected chi connectivity index (χ0v) is 14.1. The SMILES string of the molecule is Cc1cc(C)c2c(CC(=O)Nc3cccc(Cl)c3C)coc2c1. The van der Waals surface area contributed by atoms with E-state index in [0.29, 0.717) is 5.02 Å². The molecular weight excluding hydrogens is 310 g/mol. The molecule has 0 aliphatic carbocycles. The maximum atomic E-state index is 12.4. The number of amides is 1. The summed E-state index contributed by atoms with van der Waals surface area (Å²) in [6.45, 7) is 5.95. The van der Waals surface area contributed by atoms with Gasteiger partial charge in [-0.25, -0.2) is 0 Å². The summed E-state index contributed by atoms with van der Waals surface area (Å²) in [5.41, 5.74) is 5.60. The van der Waals surface area contributed by atoms with Crippen molar-refractivity contribution in [3.8, 4) is 0 Å². The number of furan rings is 1. The summed E-state index contributed by atoms with van der Waals surface area (Å²) in [6, 6.07) is 9.57. The summed E-state index contributed by atoms with van der Waals surface area (Å²) in [4.78, 5) is 12.4. The molecule has 2 aromatic carbocycles. The third-order valence-electron chi connectivity index (χ3n) is 3.99. The summed E-state index contributed by atoms with van der Waals surface area (Å²) in [7, 11) is 0. The lowest BCUT2D eigenvalue weighted by molar-refractivity contribution is -0.115. The quantitative estimate of drug-likeness (QED) is 0.719. The molecule has 0 atom stereocenters. The van der Waals surface area contributed by atoms with E-state index in [2.05, 4.69) is 11.4 Å². The Bertz CT molecular complexity index is 896. The average Bonchev–Trinajstić information content (AvgIpc) is 2.86. The molecule has 0 spiro atoms. The molecule has 23 heavy (non-hydrogen) atoms. The van der Waals surface area contributed by atoms with Gasteiger partial charge in [-0.2, -0.15) is 0 Å². The third-order valence-corrected chi connectivity index (χ3v) is 4.40. The lowest BCUT2D eigenvalue weighted by Gasteiger charge is -2.09. The van der Waals surface area contributed by atoms with Crippen LogP contribution in [0.3, 0.4) is 0 Å². The van der Waals surface area contributed by atoms with E-state index in [1.807, 2.05) is 45.0 Å². The van der Waals surface area contributed by atoms with Gasteiger partial charge in [-0.05, 0) is 55.7 Å².